The average molecular weight is 188 g/mol. The summed E-state index contributed by atoms with van der Waals surface area (Å²) in [6.45, 7) is 1.88. The van der Waals surface area contributed by atoms with Crippen LogP contribution in [0, 0.1) is 0 Å². The van der Waals surface area contributed by atoms with Crippen molar-refractivity contribution >= 4 is 12.1 Å². The molecule has 0 aliphatic heterocycles. The Labute approximate surface area is 83.1 Å². The van der Waals surface area contributed by atoms with E-state index in [0.717, 1.165) is 0 Å². The van der Waals surface area contributed by atoms with E-state index in [1.807, 2.05) is 31.2 Å². The fourth-order valence-electron chi connectivity index (χ4n) is 0.879. The highest BCUT2D eigenvalue weighted by Crippen LogP contribution is 1.96. The number of rotatable bonds is 3. The summed E-state index contributed by atoms with van der Waals surface area (Å²) in [4.78, 5) is 11.4. The first-order chi connectivity index (χ1) is 6.84. The predicted octanol–water partition coefficient (Wildman–Crippen LogP) is 1.98. The lowest BCUT2D eigenvalue weighted by atomic mass is 10.2. The van der Waals surface area contributed by atoms with E-state index in [-0.39, 0.29) is 5.91 Å². The number of carbonyl (C=O) groups excluding carboxylic acids is 1. The number of benzene rings is 1. The quantitative estimate of drug-likeness (QED) is 0.572. The first-order valence-electron chi connectivity index (χ1n) is 4.34. The van der Waals surface area contributed by atoms with Gasteiger partial charge in [-0.05, 0) is 25.1 Å². The molecule has 0 saturated carbocycles. The fourth-order valence-corrected chi connectivity index (χ4v) is 0.879. The van der Waals surface area contributed by atoms with Crippen LogP contribution in [0.25, 0.3) is 0 Å². The molecule has 0 unspecified atom stereocenters. The molecule has 0 aliphatic rings. The lowest BCUT2D eigenvalue weighted by Gasteiger charge is -1.97. The summed E-state index contributed by atoms with van der Waals surface area (Å²) >= 11 is 0. The summed E-state index contributed by atoms with van der Waals surface area (Å²) in [5.41, 5.74) is 3.01. The number of amides is 1. The Morgan fingerprint density at radius 1 is 1.36 bits per heavy atom. The van der Waals surface area contributed by atoms with Gasteiger partial charge in [-0.3, -0.25) is 4.79 Å². The summed E-state index contributed by atoms with van der Waals surface area (Å²) in [5.74, 6) is -0.202. The minimum absolute atomic E-state index is 0.202. The van der Waals surface area contributed by atoms with Crippen LogP contribution in [0.2, 0.25) is 0 Å². The fraction of sp³-hybridized carbons (Fsp3) is 0.0909. The molecule has 1 N–H and O–H groups in total. The monoisotopic (exact) mass is 188 g/mol. The van der Waals surface area contributed by atoms with Gasteiger partial charge in [0.2, 0.25) is 0 Å². The second-order valence-electron chi connectivity index (χ2n) is 2.61. The maximum atomic E-state index is 11.4. The van der Waals surface area contributed by atoms with Gasteiger partial charge in [0.05, 0.1) is 0 Å². The van der Waals surface area contributed by atoms with E-state index in [9.17, 15) is 4.79 Å². The van der Waals surface area contributed by atoms with Gasteiger partial charge in [-0.1, -0.05) is 24.3 Å². The van der Waals surface area contributed by atoms with Gasteiger partial charge in [-0.2, -0.15) is 5.10 Å². The summed E-state index contributed by atoms with van der Waals surface area (Å²) in [5, 5.41) is 3.73. The van der Waals surface area contributed by atoms with Gasteiger partial charge < -0.3 is 0 Å². The Balaban J connectivity index is 2.52. The Hall–Kier alpha value is -1.90. The number of carbonyl (C=O) groups is 1. The summed E-state index contributed by atoms with van der Waals surface area (Å²) in [7, 11) is 0. The average Bonchev–Trinajstić information content (AvgIpc) is 2.25. The molecular weight excluding hydrogens is 176 g/mol. The Bertz CT molecular complexity index is 342. The van der Waals surface area contributed by atoms with E-state index in [1.54, 1.807) is 18.2 Å². The van der Waals surface area contributed by atoms with Crippen molar-refractivity contribution in [3.63, 3.8) is 0 Å². The van der Waals surface area contributed by atoms with Gasteiger partial charge in [-0.25, -0.2) is 5.43 Å². The van der Waals surface area contributed by atoms with Crippen LogP contribution in [0.1, 0.15) is 17.3 Å². The number of hydrogen-bond donors (Lipinski definition) is 1. The molecule has 1 rings (SSSR count). The zero-order valence-corrected chi connectivity index (χ0v) is 7.97. The smallest absolute Gasteiger partial charge is 0.267 e. The number of allylic oxidation sites excluding steroid dienone is 2. The standard InChI is InChI=1S/C11H12N2O/c1-2-3-9-12-13-11(14)10-7-5-4-6-8-10/h2-9H,1H3,(H,13,14). The maximum Gasteiger partial charge on any atom is 0.271 e. The largest absolute Gasteiger partial charge is 0.271 e. The minimum Gasteiger partial charge on any atom is -0.267 e. The first kappa shape index (κ1) is 10.2. The van der Waals surface area contributed by atoms with Crippen molar-refractivity contribution in [2.24, 2.45) is 5.10 Å². The second-order valence-corrected chi connectivity index (χ2v) is 2.61. The third-order valence-electron chi connectivity index (χ3n) is 1.56. The lowest BCUT2D eigenvalue weighted by Crippen LogP contribution is -2.16. The molecule has 0 fully saturated rings. The molecule has 14 heavy (non-hydrogen) atoms. The maximum absolute atomic E-state index is 11.4. The van der Waals surface area contributed by atoms with Crippen LogP contribution in [0.4, 0.5) is 0 Å². The topological polar surface area (TPSA) is 41.5 Å². The highest BCUT2D eigenvalue weighted by molar-refractivity contribution is 5.94. The molecule has 1 aromatic rings. The van der Waals surface area contributed by atoms with Crippen LogP contribution >= 0.6 is 0 Å². The molecule has 1 amide bonds. The molecule has 0 spiro atoms. The molecule has 0 bridgehead atoms. The number of nitrogens with zero attached hydrogens (tertiary/aromatic N) is 1. The lowest BCUT2D eigenvalue weighted by molar-refractivity contribution is 0.0955. The van der Waals surface area contributed by atoms with Crippen molar-refractivity contribution in [3.05, 3.63) is 48.0 Å². The van der Waals surface area contributed by atoms with Crippen molar-refractivity contribution in [3.8, 4) is 0 Å². The third kappa shape index (κ3) is 3.23. The number of nitrogens with one attached hydrogen (secondary N) is 1. The SMILES string of the molecule is CC=CC=NNC(=O)c1ccccc1. The Morgan fingerprint density at radius 3 is 2.71 bits per heavy atom. The van der Waals surface area contributed by atoms with Crippen molar-refractivity contribution in [1.29, 1.82) is 0 Å². The molecule has 1 aromatic carbocycles. The normalized spacial score (nSPS) is 10.9. The van der Waals surface area contributed by atoms with Crippen LogP contribution in [0.5, 0.6) is 0 Å². The van der Waals surface area contributed by atoms with Crippen molar-refractivity contribution < 1.29 is 4.79 Å². The van der Waals surface area contributed by atoms with Crippen LogP contribution in [-0.4, -0.2) is 12.1 Å². The van der Waals surface area contributed by atoms with Crippen molar-refractivity contribution in [2.75, 3.05) is 0 Å². The highest BCUT2D eigenvalue weighted by Gasteiger charge is 2.00. The van der Waals surface area contributed by atoms with Crippen LogP contribution in [0.15, 0.2) is 47.6 Å². The van der Waals surface area contributed by atoms with E-state index >= 15 is 0 Å². The van der Waals surface area contributed by atoms with Crippen molar-refractivity contribution in [2.45, 2.75) is 6.92 Å². The molecular formula is C11H12N2O. The van der Waals surface area contributed by atoms with E-state index in [1.165, 1.54) is 6.21 Å². The minimum atomic E-state index is -0.202. The molecule has 72 valence electrons. The van der Waals surface area contributed by atoms with Crippen molar-refractivity contribution in [1.82, 2.24) is 5.43 Å². The molecule has 3 nitrogen and oxygen atoms in total. The van der Waals surface area contributed by atoms with Gasteiger partial charge in [0.1, 0.15) is 0 Å². The van der Waals surface area contributed by atoms with Gasteiger partial charge in [-0.15, -0.1) is 0 Å². The molecule has 0 saturated heterocycles. The molecule has 0 atom stereocenters. The number of hydrazone groups is 1. The summed E-state index contributed by atoms with van der Waals surface area (Å²) < 4.78 is 0. The van der Waals surface area contributed by atoms with E-state index < -0.39 is 0 Å². The third-order valence-corrected chi connectivity index (χ3v) is 1.56. The molecule has 0 aromatic heterocycles. The molecule has 0 radical (unpaired) electrons. The van der Waals surface area contributed by atoms with Gasteiger partial charge in [0.15, 0.2) is 0 Å². The van der Waals surface area contributed by atoms with E-state index in [2.05, 4.69) is 10.5 Å². The van der Waals surface area contributed by atoms with Gasteiger partial charge in [0, 0.05) is 11.8 Å². The van der Waals surface area contributed by atoms with Crippen LogP contribution in [0.3, 0.4) is 0 Å². The Morgan fingerprint density at radius 2 is 2.07 bits per heavy atom. The highest BCUT2D eigenvalue weighted by atomic mass is 16.2. The predicted molar refractivity (Wildman–Crippen MR) is 57.2 cm³/mol. The van der Waals surface area contributed by atoms with Gasteiger partial charge >= 0.3 is 0 Å². The molecule has 0 aliphatic carbocycles. The van der Waals surface area contributed by atoms with E-state index in [0.29, 0.717) is 5.56 Å². The Kier molecular flexibility index (Phi) is 4.14. The van der Waals surface area contributed by atoms with Crippen LogP contribution in [-0.2, 0) is 0 Å². The zero-order valence-electron chi connectivity index (χ0n) is 7.97. The number of hydrogen-bond acceptors (Lipinski definition) is 2. The zero-order chi connectivity index (χ0) is 10.2. The first-order valence-corrected chi connectivity index (χ1v) is 4.34. The molecule has 0 heterocycles. The van der Waals surface area contributed by atoms with Crippen LogP contribution < -0.4 is 5.43 Å². The van der Waals surface area contributed by atoms with Gasteiger partial charge in [0.25, 0.3) is 5.91 Å². The second kappa shape index (κ2) is 5.70. The molecule has 3 heteroatoms. The van der Waals surface area contributed by atoms with E-state index in [4.69, 9.17) is 0 Å². The summed E-state index contributed by atoms with van der Waals surface area (Å²) in [6.07, 6.45) is 5.10. The summed E-state index contributed by atoms with van der Waals surface area (Å²) in [6, 6.07) is 8.95.